The third kappa shape index (κ3) is 4.85. The van der Waals surface area contributed by atoms with Crippen LogP contribution in [-0.2, 0) is 14.8 Å². The van der Waals surface area contributed by atoms with Gasteiger partial charge in [0.1, 0.15) is 5.54 Å². The SMILES string of the molecule is O=C(NCCCN1C(=O)NC2(CCCC2)C1=O)c1ccc(S(=O)(=O)Nc2ccccc2)cc1. The van der Waals surface area contributed by atoms with Crippen LogP contribution in [0.5, 0.6) is 0 Å². The Balaban J connectivity index is 1.27. The summed E-state index contributed by atoms with van der Waals surface area (Å²) in [6.07, 6.45) is 3.64. The van der Waals surface area contributed by atoms with Crippen LogP contribution in [0.1, 0.15) is 42.5 Å². The highest BCUT2D eigenvalue weighted by Gasteiger charge is 2.51. The van der Waals surface area contributed by atoms with Crippen molar-refractivity contribution in [2.24, 2.45) is 0 Å². The maximum absolute atomic E-state index is 12.6. The van der Waals surface area contributed by atoms with Gasteiger partial charge in [-0.1, -0.05) is 31.0 Å². The van der Waals surface area contributed by atoms with Gasteiger partial charge in [-0.3, -0.25) is 19.2 Å². The number of amides is 4. The van der Waals surface area contributed by atoms with E-state index in [2.05, 4.69) is 15.4 Å². The number of benzene rings is 2. The minimum atomic E-state index is -3.76. The lowest BCUT2D eigenvalue weighted by Gasteiger charge is -2.20. The van der Waals surface area contributed by atoms with Gasteiger partial charge in [-0.25, -0.2) is 13.2 Å². The van der Waals surface area contributed by atoms with Gasteiger partial charge in [0.15, 0.2) is 0 Å². The summed E-state index contributed by atoms with van der Waals surface area (Å²) in [7, 11) is -3.76. The Labute approximate surface area is 192 Å². The lowest BCUT2D eigenvalue weighted by molar-refractivity contribution is -0.131. The predicted molar refractivity (Wildman–Crippen MR) is 122 cm³/mol. The molecule has 1 spiro atoms. The van der Waals surface area contributed by atoms with Crippen molar-refractivity contribution in [3.05, 3.63) is 60.2 Å². The number of nitrogens with zero attached hydrogens (tertiary/aromatic N) is 1. The number of carbonyl (C=O) groups is 3. The lowest BCUT2D eigenvalue weighted by atomic mass is 9.98. The summed E-state index contributed by atoms with van der Waals surface area (Å²) in [4.78, 5) is 38.5. The summed E-state index contributed by atoms with van der Waals surface area (Å²) in [5.41, 5.74) is 0.0366. The van der Waals surface area contributed by atoms with Crippen LogP contribution in [0.2, 0.25) is 0 Å². The number of rotatable bonds is 8. The smallest absolute Gasteiger partial charge is 0.325 e. The van der Waals surface area contributed by atoms with Crippen LogP contribution < -0.4 is 15.4 Å². The highest BCUT2D eigenvalue weighted by atomic mass is 32.2. The molecule has 9 nitrogen and oxygen atoms in total. The first-order valence-electron chi connectivity index (χ1n) is 10.9. The van der Waals surface area contributed by atoms with Crippen LogP contribution in [0.4, 0.5) is 10.5 Å². The normalized spacial score (nSPS) is 17.3. The maximum Gasteiger partial charge on any atom is 0.325 e. The Morgan fingerprint density at radius 3 is 2.33 bits per heavy atom. The molecule has 0 bridgehead atoms. The first-order valence-corrected chi connectivity index (χ1v) is 12.4. The fraction of sp³-hybridized carbons (Fsp3) is 0.348. The number of hydrogen-bond acceptors (Lipinski definition) is 5. The van der Waals surface area contributed by atoms with E-state index in [9.17, 15) is 22.8 Å². The lowest BCUT2D eigenvalue weighted by Crippen LogP contribution is -2.44. The van der Waals surface area contributed by atoms with E-state index in [0.717, 1.165) is 12.8 Å². The number of nitrogens with one attached hydrogen (secondary N) is 3. The monoisotopic (exact) mass is 470 g/mol. The van der Waals surface area contributed by atoms with E-state index in [4.69, 9.17) is 0 Å². The standard InChI is InChI=1S/C23H26N4O5S/c28-20(24-15-6-16-27-21(29)23(25-22(27)30)13-4-5-14-23)17-9-11-19(12-10-17)33(31,32)26-18-7-2-1-3-8-18/h1-3,7-12,26H,4-6,13-16H2,(H,24,28)(H,25,30). The second kappa shape index (κ2) is 9.22. The molecule has 33 heavy (non-hydrogen) atoms. The summed E-state index contributed by atoms with van der Waals surface area (Å²) in [5, 5.41) is 5.57. The molecule has 4 amide bonds. The van der Waals surface area contributed by atoms with Gasteiger partial charge in [-0.15, -0.1) is 0 Å². The number of imide groups is 1. The van der Waals surface area contributed by atoms with Crippen molar-refractivity contribution in [3.63, 3.8) is 0 Å². The van der Waals surface area contributed by atoms with Gasteiger partial charge in [0.05, 0.1) is 4.90 Å². The van der Waals surface area contributed by atoms with Crippen molar-refractivity contribution in [1.29, 1.82) is 0 Å². The van der Waals surface area contributed by atoms with E-state index < -0.39 is 15.6 Å². The maximum atomic E-state index is 12.6. The Bertz CT molecular complexity index is 1140. The molecular weight excluding hydrogens is 444 g/mol. The molecule has 2 aliphatic rings. The van der Waals surface area contributed by atoms with Crippen LogP contribution in [0.3, 0.4) is 0 Å². The molecule has 10 heteroatoms. The second-order valence-electron chi connectivity index (χ2n) is 8.28. The van der Waals surface area contributed by atoms with E-state index in [0.29, 0.717) is 30.5 Å². The molecule has 3 N–H and O–H groups in total. The summed E-state index contributed by atoms with van der Waals surface area (Å²) >= 11 is 0. The largest absolute Gasteiger partial charge is 0.352 e. The molecule has 1 saturated heterocycles. The minimum absolute atomic E-state index is 0.0438. The average Bonchev–Trinajstić information content (AvgIpc) is 3.36. The van der Waals surface area contributed by atoms with Gasteiger partial charge in [0.25, 0.3) is 21.8 Å². The Hall–Kier alpha value is -3.40. The second-order valence-corrected chi connectivity index (χ2v) is 9.96. The molecule has 1 saturated carbocycles. The first-order chi connectivity index (χ1) is 15.8. The molecule has 174 valence electrons. The van der Waals surface area contributed by atoms with Gasteiger partial charge >= 0.3 is 6.03 Å². The summed E-state index contributed by atoms with van der Waals surface area (Å²) < 4.78 is 27.5. The van der Waals surface area contributed by atoms with Crippen molar-refractivity contribution in [2.75, 3.05) is 17.8 Å². The van der Waals surface area contributed by atoms with Gasteiger partial charge in [-0.2, -0.15) is 0 Å². The van der Waals surface area contributed by atoms with Gasteiger partial charge in [0.2, 0.25) is 0 Å². The third-order valence-electron chi connectivity index (χ3n) is 6.00. The van der Waals surface area contributed by atoms with E-state index in [1.54, 1.807) is 30.3 Å². The molecule has 2 aromatic rings. The van der Waals surface area contributed by atoms with Crippen LogP contribution in [0.25, 0.3) is 0 Å². The van der Waals surface area contributed by atoms with Crippen LogP contribution >= 0.6 is 0 Å². The molecule has 0 unspecified atom stereocenters. The highest BCUT2D eigenvalue weighted by Crippen LogP contribution is 2.35. The fourth-order valence-electron chi connectivity index (χ4n) is 4.24. The molecule has 2 aromatic carbocycles. The fourth-order valence-corrected chi connectivity index (χ4v) is 5.30. The molecule has 1 aliphatic carbocycles. The van der Waals surface area contributed by atoms with Gasteiger partial charge in [-0.05, 0) is 55.7 Å². The number of sulfonamides is 1. The molecule has 0 aromatic heterocycles. The number of carbonyl (C=O) groups excluding carboxylic acids is 3. The molecule has 0 radical (unpaired) electrons. The molecular formula is C23H26N4O5S. The van der Waals surface area contributed by atoms with Crippen LogP contribution in [0.15, 0.2) is 59.5 Å². The van der Waals surface area contributed by atoms with Gasteiger partial charge < -0.3 is 10.6 Å². The number of anilines is 1. The predicted octanol–water partition coefficient (Wildman–Crippen LogP) is 2.47. The summed E-state index contributed by atoms with van der Waals surface area (Å²) in [6.45, 7) is 0.507. The number of hydrogen-bond donors (Lipinski definition) is 3. The van der Waals surface area contributed by atoms with E-state index >= 15 is 0 Å². The Kier molecular flexibility index (Phi) is 6.37. The van der Waals surface area contributed by atoms with Crippen molar-refractivity contribution in [2.45, 2.75) is 42.5 Å². The van der Waals surface area contributed by atoms with E-state index in [1.807, 2.05) is 0 Å². The quantitative estimate of drug-likeness (QED) is 0.404. The van der Waals surface area contributed by atoms with Crippen molar-refractivity contribution < 1.29 is 22.8 Å². The topological polar surface area (TPSA) is 125 Å². The van der Waals surface area contributed by atoms with E-state index in [1.165, 1.54) is 29.2 Å². The zero-order chi connectivity index (χ0) is 23.5. The molecule has 0 atom stereocenters. The van der Waals surface area contributed by atoms with E-state index in [-0.39, 0.29) is 35.8 Å². The first kappa shape index (κ1) is 22.8. The molecule has 1 heterocycles. The molecule has 4 rings (SSSR count). The third-order valence-corrected chi connectivity index (χ3v) is 7.40. The minimum Gasteiger partial charge on any atom is -0.352 e. The van der Waals surface area contributed by atoms with Crippen LogP contribution in [-0.4, -0.2) is 49.8 Å². The highest BCUT2D eigenvalue weighted by molar-refractivity contribution is 7.92. The molecule has 1 aliphatic heterocycles. The molecule has 2 fully saturated rings. The van der Waals surface area contributed by atoms with Crippen molar-refractivity contribution in [3.8, 4) is 0 Å². The van der Waals surface area contributed by atoms with Gasteiger partial charge in [0, 0.05) is 24.3 Å². The van der Waals surface area contributed by atoms with Crippen molar-refractivity contribution >= 4 is 33.6 Å². The summed E-state index contributed by atoms with van der Waals surface area (Å²) in [6, 6.07) is 13.8. The zero-order valence-electron chi connectivity index (χ0n) is 18.0. The average molecular weight is 471 g/mol. The Morgan fingerprint density at radius 1 is 1.00 bits per heavy atom. The van der Waals surface area contributed by atoms with Crippen LogP contribution in [0, 0.1) is 0 Å². The summed E-state index contributed by atoms with van der Waals surface area (Å²) in [5.74, 6) is -0.531. The van der Waals surface area contributed by atoms with Crippen molar-refractivity contribution in [1.82, 2.24) is 15.5 Å². The number of urea groups is 1. The Morgan fingerprint density at radius 2 is 1.67 bits per heavy atom. The zero-order valence-corrected chi connectivity index (χ0v) is 18.9. The number of para-hydroxylation sites is 1.